The summed E-state index contributed by atoms with van der Waals surface area (Å²) in [5, 5.41) is 22.2. The zero-order valence-corrected chi connectivity index (χ0v) is 10.3. The number of nitrogens with zero attached hydrogens (tertiary/aromatic N) is 3. The second-order valence-corrected chi connectivity index (χ2v) is 4.17. The molecule has 5 nitrogen and oxygen atoms in total. The average molecular weight is 263 g/mol. The summed E-state index contributed by atoms with van der Waals surface area (Å²) in [6.45, 7) is 0. The molecule has 3 aromatic rings. The van der Waals surface area contributed by atoms with E-state index in [4.69, 9.17) is 9.78 Å². The van der Waals surface area contributed by atoms with E-state index in [1.807, 2.05) is 0 Å². The third kappa shape index (κ3) is 2.22. The molecule has 0 saturated heterocycles. The van der Waals surface area contributed by atoms with Gasteiger partial charge in [0.2, 0.25) is 5.82 Å². The number of phenols is 1. The summed E-state index contributed by atoms with van der Waals surface area (Å²) in [7, 11) is 0. The van der Waals surface area contributed by atoms with E-state index in [0.29, 0.717) is 28.4 Å². The van der Waals surface area contributed by atoms with Crippen LogP contribution in [-0.2, 0) is 0 Å². The van der Waals surface area contributed by atoms with Crippen molar-refractivity contribution in [1.82, 2.24) is 10.1 Å². The van der Waals surface area contributed by atoms with Gasteiger partial charge in [-0.05, 0) is 30.3 Å². The monoisotopic (exact) mass is 263 g/mol. The Morgan fingerprint density at radius 3 is 2.65 bits per heavy atom. The van der Waals surface area contributed by atoms with Gasteiger partial charge < -0.3 is 9.63 Å². The molecule has 96 valence electrons. The summed E-state index contributed by atoms with van der Waals surface area (Å²) in [5.74, 6) is 0.860. The first kappa shape index (κ1) is 11.9. The summed E-state index contributed by atoms with van der Waals surface area (Å²) >= 11 is 0. The Labute approximate surface area is 114 Å². The number of benzene rings is 2. The Bertz CT molecular complexity index is 803. The molecule has 0 unspecified atom stereocenters. The van der Waals surface area contributed by atoms with E-state index in [9.17, 15) is 5.11 Å². The van der Waals surface area contributed by atoms with E-state index in [1.54, 1.807) is 48.5 Å². The SMILES string of the molecule is N#Cc1cccc(-c2nc(-c3cccc(O)c3)no2)c1. The fourth-order valence-electron chi connectivity index (χ4n) is 1.82. The van der Waals surface area contributed by atoms with Crippen molar-refractivity contribution < 1.29 is 9.63 Å². The smallest absolute Gasteiger partial charge is 0.258 e. The molecule has 0 bridgehead atoms. The highest BCUT2D eigenvalue weighted by atomic mass is 16.5. The molecular formula is C15H9N3O2. The van der Waals surface area contributed by atoms with E-state index in [2.05, 4.69) is 16.2 Å². The third-order valence-corrected chi connectivity index (χ3v) is 2.77. The van der Waals surface area contributed by atoms with Gasteiger partial charge in [-0.3, -0.25) is 0 Å². The van der Waals surface area contributed by atoms with E-state index < -0.39 is 0 Å². The lowest BCUT2D eigenvalue weighted by atomic mass is 10.1. The highest BCUT2D eigenvalue weighted by molar-refractivity contribution is 5.62. The summed E-state index contributed by atoms with van der Waals surface area (Å²) in [5.41, 5.74) is 1.87. The minimum Gasteiger partial charge on any atom is -0.508 e. The van der Waals surface area contributed by atoms with Crippen LogP contribution in [0.25, 0.3) is 22.8 Å². The minimum atomic E-state index is 0.139. The van der Waals surface area contributed by atoms with Gasteiger partial charge in [0.1, 0.15) is 5.75 Å². The van der Waals surface area contributed by atoms with Crippen LogP contribution in [0.1, 0.15) is 5.56 Å². The van der Waals surface area contributed by atoms with Crippen molar-refractivity contribution in [2.24, 2.45) is 0 Å². The Hall–Kier alpha value is -3.13. The highest BCUT2D eigenvalue weighted by Gasteiger charge is 2.11. The molecule has 0 spiro atoms. The van der Waals surface area contributed by atoms with Gasteiger partial charge in [0, 0.05) is 11.1 Å². The van der Waals surface area contributed by atoms with Crippen LogP contribution in [-0.4, -0.2) is 15.2 Å². The Morgan fingerprint density at radius 1 is 1.05 bits per heavy atom. The van der Waals surface area contributed by atoms with Crippen LogP contribution in [0.4, 0.5) is 0 Å². The van der Waals surface area contributed by atoms with Crippen molar-refractivity contribution in [3.63, 3.8) is 0 Å². The molecule has 1 heterocycles. The number of hydrogen-bond donors (Lipinski definition) is 1. The number of nitriles is 1. The lowest BCUT2D eigenvalue weighted by Crippen LogP contribution is -1.82. The lowest BCUT2D eigenvalue weighted by molar-refractivity contribution is 0.432. The van der Waals surface area contributed by atoms with Crippen molar-refractivity contribution in [2.75, 3.05) is 0 Å². The van der Waals surface area contributed by atoms with Crippen molar-refractivity contribution in [3.05, 3.63) is 54.1 Å². The second-order valence-electron chi connectivity index (χ2n) is 4.17. The predicted octanol–water partition coefficient (Wildman–Crippen LogP) is 2.98. The molecule has 0 fully saturated rings. The quantitative estimate of drug-likeness (QED) is 0.768. The van der Waals surface area contributed by atoms with Crippen LogP contribution in [0.5, 0.6) is 5.75 Å². The topological polar surface area (TPSA) is 82.9 Å². The normalized spacial score (nSPS) is 10.2. The standard InChI is InChI=1S/C15H9N3O2/c16-9-10-3-1-5-12(7-10)15-17-14(18-20-15)11-4-2-6-13(19)8-11/h1-8,19H. The third-order valence-electron chi connectivity index (χ3n) is 2.77. The zero-order valence-electron chi connectivity index (χ0n) is 10.3. The van der Waals surface area contributed by atoms with Gasteiger partial charge in [-0.2, -0.15) is 10.2 Å². The summed E-state index contributed by atoms with van der Waals surface area (Å²) in [6, 6.07) is 15.6. The van der Waals surface area contributed by atoms with E-state index >= 15 is 0 Å². The molecule has 5 heteroatoms. The number of hydrogen-bond acceptors (Lipinski definition) is 5. The summed E-state index contributed by atoms with van der Waals surface area (Å²) < 4.78 is 5.19. The highest BCUT2D eigenvalue weighted by Crippen LogP contribution is 2.24. The van der Waals surface area contributed by atoms with Gasteiger partial charge in [0.05, 0.1) is 11.6 Å². The molecule has 0 atom stereocenters. The summed E-state index contributed by atoms with van der Waals surface area (Å²) in [4.78, 5) is 4.27. The van der Waals surface area contributed by atoms with Gasteiger partial charge in [-0.1, -0.05) is 23.4 Å². The first-order valence-electron chi connectivity index (χ1n) is 5.90. The van der Waals surface area contributed by atoms with Crippen molar-refractivity contribution in [3.8, 4) is 34.7 Å². The van der Waals surface area contributed by atoms with Crippen LogP contribution in [0.3, 0.4) is 0 Å². The molecular weight excluding hydrogens is 254 g/mol. The van der Waals surface area contributed by atoms with Gasteiger partial charge in [-0.25, -0.2) is 0 Å². The van der Waals surface area contributed by atoms with Gasteiger partial charge in [-0.15, -0.1) is 0 Å². The van der Waals surface area contributed by atoms with Crippen LogP contribution in [0, 0.1) is 11.3 Å². The van der Waals surface area contributed by atoms with Crippen molar-refractivity contribution in [1.29, 1.82) is 5.26 Å². The van der Waals surface area contributed by atoms with Crippen LogP contribution >= 0.6 is 0 Å². The fraction of sp³-hybridized carbons (Fsp3) is 0. The lowest BCUT2D eigenvalue weighted by Gasteiger charge is -1.95. The molecule has 0 aliphatic rings. The van der Waals surface area contributed by atoms with Crippen molar-refractivity contribution >= 4 is 0 Å². The number of phenolic OH excluding ortho intramolecular Hbond substituents is 1. The van der Waals surface area contributed by atoms with E-state index in [0.717, 1.165) is 0 Å². The zero-order chi connectivity index (χ0) is 13.9. The minimum absolute atomic E-state index is 0.139. The Morgan fingerprint density at radius 2 is 1.85 bits per heavy atom. The van der Waals surface area contributed by atoms with Crippen LogP contribution in [0.15, 0.2) is 53.1 Å². The first-order chi connectivity index (χ1) is 9.76. The van der Waals surface area contributed by atoms with Gasteiger partial charge in [0.15, 0.2) is 0 Å². The maximum Gasteiger partial charge on any atom is 0.258 e. The Kier molecular flexibility index (Phi) is 2.90. The first-order valence-corrected chi connectivity index (χ1v) is 5.90. The van der Waals surface area contributed by atoms with Crippen LogP contribution < -0.4 is 0 Å². The molecule has 0 aliphatic carbocycles. The largest absolute Gasteiger partial charge is 0.508 e. The second kappa shape index (κ2) is 4.86. The van der Waals surface area contributed by atoms with E-state index in [-0.39, 0.29) is 5.75 Å². The predicted molar refractivity (Wildman–Crippen MR) is 71.5 cm³/mol. The molecule has 0 saturated carbocycles. The molecule has 2 aromatic carbocycles. The average Bonchev–Trinajstić information content (AvgIpc) is 2.97. The molecule has 1 N–H and O–H groups in total. The van der Waals surface area contributed by atoms with Crippen molar-refractivity contribution in [2.45, 2.75) is 0 Å². The molecule has 20 heavy (non-hydrogen) atoms. The number of aromatic nitrogens is 2. The molecule has 1 aromatic heterocycles. The fourth-order valence-corrected chi connectivity index (χ4v) is 1.82. The maximum atomic E-state index is 9.44. The van der Waals surface area contributed by atoms with Gasteiger partial charge in [0.25, 0.3) is 5.89 Å². The molecule has 0 aliphatic heterocycles. The Balaban J connectivity index is 2.00. The number of aromatic hydroxyl groups is 1. The van der Waals surface area contributed by atoms with Crippen LogP contribution in [0.2, 0.25) is 0 Å². The number of rotatable bonds is 2. The van der Waals surface area contributed by atoms with Gasteiger partial charge >= 0.3 is 0 Å². The maximum absolute atomic E-state index is 9.44. The molecule has 3 rings (SSSR count). The summed E-state index contributed by atoms with van der Waals surface area (Å²) in [6.07, 6.45) is 0. The molecule has 0 radical (unpaired) electrons. The van der Waals surface area contributed by atoms with E-state index in [1.165, 1.54) is 0 Å². The molecule has 0 amide bonds.